The number of thiazole rings is 1. The van der Waals surface area contributed by atoms with E-state index in [9.17, 15) is 30.4 Å². The maximum absolute atomic E-state index is 15.6. The summed E-state index contributed by atoms with van der Waals surface area (Å²) >= 11 is 0.751. The standard InChI is InChI=1S/C22H16F6N6O2S2/c1-29-20-30-9-8-15(32-20)18-17(33-21(37-18)31-10-22(26,27)28)11-4-2-7-14(16(11)25)34-38(35,36)19-12(23)5-3-6-13(19)24/h2-9,34H,10H2,1H3,(H,31,33)(H,29,30,32). The smallest absolute Gasteiger partial charge is 0.357 e. The fourth-order valence-electron chi connectivity index (χ4n) is 3.26. The summed E-state index contributed by atoms with van der Waals surface area (Å²) in [6, 6.07) is 7.30. The Bertz CT molecular complexity index is 1570. The van der Waals surface area contributed by atoms with Crippen molar-refractivity contribution in [1.82, 2.24) is 15.0 Å². The van der Waals surface area contributed by atoms with Gasteiger partial charge in [-0.25, -0.2) is 36.5 Å². The fraction of sp³-hybridized carbons (Fsp3) is 0.136. The molecule has 0 amide bonds. The van der Waals surface area contributed by atoms with Crippen molar-refractivity contribution >= 4 is 38.1 Å². The second kappa shape index (κ2) is 10.4. The van der Waals surface area contributed by atoms with Crippen molar-refractivity contribution in [3.05, 3.63) is 66.1 Å². The highest BCUT2D eigenvalue weighted by atomic mass is 32.2. The molecule has 3 N–H and O–H groups in total. The number of benzene rings is 2. The van der Waals surface area contributed by atoms with Gasteiger partial charge in [0.1, 0.15) is 18.2 Å². The van der Waals surface area contributed by atoms with E-state index in [0.717, 1.165) is 35.6 Å². The Morgan fingerprint density at radius 2 is 1.66 bits per heavy atom. The quantitative estimate of drug-likeness (QED) is 0.239. The van der Waals surface area contributed by atoms with E-state index in [-0.39, 0.29) is 32.9 Å². The third-order valence-corrected chi connectivity index (χ3v) is 7.32. The number of nitrogens with zero attached hydrogens (tertiary/aromatic N) is 3. The molecule has 2 aromatic carbocycles. The van der Waals surface area contributed by atoms with Gasteiger partial charge >= 0.3 is 6.18 Å². The lowest BCUT2D eigenvalue weighted by molar-refractivity contribution is -0.115. The van der Waals surface area contributed by atoms with Crippen LogP contribution in [0.5, 0.6) is 0 Å². The van der Waals surface area contributed by atoms with Crippen molar-refractivity contribution in [2.45, 2.75) is 11.1 Å². The zero-order valence-corrected chi connectivity index (χ0v) is 20.7. The Morgan fingerprint density at radius 3 is 2.32 bits per heavy atom. The minimum atomic E-state index is -4.91. The summed E-state index contributed by atoms with van der Waals surface area (Å²) < 4.78 is 109. The van der Waals surface area contributed by atoms with Gasteiger partial charge in [-0.15, -0.1) is 0 Å². The van der Waals surface area contributed by atoms with Gasteiger partial charge in [0.2, 0.25) is 5.95 Å². The van der Waals surface area contributed by atoms with Crippen LogP contribution < -0.4 is 15.4 Å². The summed E-state index contributed by atoms with van der Waals surface area (Å²) in [5.41, 5.74) is -0.950. The number of halogens is 6. The highest BCUT2D eigenvalue weighted by Gasteiger charge is 2.29. The van der Waals surface area contributed by atoms with Crippen LogP contribution in [0.3, 0.4) is 0 Å². The van der Waals surface area contributed by atoms with Gasteiger partial charge in [-0.2, -0.15) is 13.2 Å². The predicted molar refractivity (Wildman–Crippen MR) is 130 cm³/mol. The molecule has 2 aromatic heterocycles. The molecule has 38 heavy (non-hydrogen) atoms. The molecule has 0 aliphatic rings. The number of nitrogens with one attached hydrogen (secondary N) is 3. The van der Waals surface area contributed by atoms with Gasteiger partial charge in [-0.1, -0.05) is 23.5 Å². The van der Waals surface area contributed by atoms with E-state index >= 15 is 4.39 Å². The first kappa shape index (κ1) is 27.1. The maximum atomic E-state index is 15.6. The Morgan fingerprint density at radius 1 is 0.974 bits per heavy atom. The van der Waals surface area contributed by atoms with Crippen molar-refractivity contribution in [2.24, 2.45) is 0 Å². The van der Waals surface area contributed by atoms with Gasteiger partial charge in [-0.05, 0) is 30.3 Å². The van der Waals surface area contributed by atoms with Gasteiger partial charge in [0, 0.05) is 18.8 Å². The van der Waals surface area contributed by atoms with E-state index in [1.807, 2.05) is 4.72 Å². The number of sulfonamides is 1. The first-order chi connectivity index (χ1) is 17.9. The van der Waals surface area contributed by atoms with Crippen LogP contribution in [0.25, 0.3) is 21.8 Å². The zero-order chi connectivity index (χ0) is 27.7. The fourth-order valence-corrected chi connectivity index (χ4v) is 5.41. The first-order valence-electron chi connectivity index (χ1n) is 10.5. The van der Waals surface area contributed by atoms with E-state index in [4.69, 9.17) is 0 Å². The Hall–Kier alpha value is -3.92. The third-order valence-electron chi connectivity index (χ3n) is 4.86. The lowest BCUT2D eigenvalue weighted by Crippen LogP contribution is -2.21. The van der Waals surface area contributed by atoms with Gasteiger partial charge < -0.3 is 10.6 Å². The number of rotatable bonds is 8. The van der Waals surface area contributed by atoms with E-state index in [0.29, 0.717) is 0 Å². The Kier molecular flexibility index (Phi) is 7.46. The molecule has 0 fully saturated rings. The Balaban J connectivity index is 1.81. The van der Waals surface area contributed by atoms with Gasteiger partial charge in [0.05, 0.1) is 22.0 Å². The van der Waals surface area contributed by atoms with E-state index in [1.165, 1.54) is 31.4 Å². The highest BCUT2D eigenvalue weighted by Crippen LogP contribution is 2.41. The van der Waals surface area contributed by atoms with Crippen molar-refractivity contribution in [2.75, 3.05) is 28.9 Å². The minimum absolute atomic E-state index is 0.146. The monoisotopic (exact) mass is 574 g/mol. The summed E-state index contributed by atoms with van der Waals surface area (Å²) in [5, 5.41) is 4.62. The molecule has 16 heteroatoms. The van der Waals surface area contributed by atoms with Crippen LogP contribution in [0, 0.1) is 17.5 Å². The van der Waals surface area contributed by atoms with E-state index in [1.54, 1.807) is 0 Å². The summed E-state index contributed by atoms with van der Waals surface area (Å²) in [7, 11) is -3.37. The van der Waals surface area contributed by atoms with Crippen LogP contribution in [-0.2, 0) is 10.0 Å². The minimum Gasteiger partial charge on any atom is -0.357 e. The SMILES string of the molecule is CNc1nccc(-c2sc(NCC(F)(F)F)nc2-c2cccc(NS(=O)(=O)c3c(F)cccc3F)c2F)n1. The van der Waals surface area contributed by atoms with Crippen LogP contribution in [0.2, 0.25) is 0 Å². The van der Waals surface area contributed by atoms with E-state index < -0.39 is 50.8 Å². The normalized spacial score (nSPS) is 11.9. The van der Waals surface area contributed by atoms with E-state index in [2.05, 4.69) is 25.6 Å². The average Bonchev–Trinajstić information content (AvgIpc) is 3.27. The number of anilines is 3. The van der Waals surface area contributed by atoms with Crippen molar-refractivity contribution in [1.29, 1.82) is 0 Å². The lowest BCUT2D eigenvalue weighted by atomic mass is 10.1. The van der Waals surface area contributed by atoms with Crippen molar-refractivity contribution in [3.8, 4) is 21.8 Å². The zero-order valence-electron chi connectivity index (χ0n) is 19.1. The summed E-state index contributed by atoms with van der Waals surface area (Å²) in [4.78, 5) is 11.1. The topological polar surface area (TPSA) is 109 Å². The lowest BCUT2D eigenvalue weighted by Gasteiger charge is -2.12. The molecule has 8 nitrogen and oxygen atoms in total. The van der Waals surface area contributed by atoms with Crippen LogP contribution >= 0.6 is 11.3 Å². The molecule has 200 valence electrons. The van der Waals surface area contributed by atoms with Crippen LogP contribution in [0.4, 0.5) is 43.1 Å². The van der Waals surface area contributed by atoms with Gasteiger partial charge in [0.15, 0.2) is 15.8 Å². The molecule has 0 unspecified atom stereocenters. The molecule has 0 spiro atoms. The molecule has 4 rings (SSSR count). The largest absolute Gasteiger partial charge is 0.405 e. The molecule has 0 aliphatic heterocycles. The molecule has 0 saturated carbocycles. The first-order valence-corrected chi connectivity index (χ1v) is 12.8. The van der Waals surface area contributed by atoms with Crippen LogP contribution in [0.1, 0.15) is 0 Å². The molecule has 0 saturated heterocycles. The number of hydrogen-bond acceptors (Lipinski definition) is 8. The van der Waals surface area contributed by atoms with Crippen molar-refractivity contribution < 1.29 is 34.8 Å². The predicted octanol–water partition coefficient (Wildman–Crippen LogP) is 5.50. The van der Waals surface area contributed by atoms with Gasteiger partial charge in [0.25, 0.3) is 10.0 Å². The molecular formula is C22H16F6N6O2S2. The molecule has 0 aliphatic carbocycles. The average molecular weight is 575 g/mol. The second-order valence-electron chi connectivity index (χ2n) is 7.50. The number of hydrogen-bond donors (Lipinski definition) is 3. The van der Waals surface area contributed by atoms with Crippen molar-refractivity contribution in [3.63, 3.8) is 0 Å². The summed E-state index contributed by atoms with van der Waals surface area (Å²) in [6.45, 7) is -1.42. The highest BCUT2D eigenvalue weighted by molar-refractivity contribution is 7.92. The molecular weight excluding hydrogens is 558 g/mol. The summed E-state index contributed by atoms with van der Waals surface area (Å²) in [6.07, 6.45) is -3.20. The molecule has 0 bridgehead atoms. The second-order valence-corrected chi connectivity index (χ2v) is 10.1. The number of alkyl halides is 3. The summed E-state index contributed by atoms with van der Waals surface area (Å²) in [5.74, 6) is -3.80. The number of aromatic nitrogens is 3. The molecule has 2 heterocycles. The van der Waals surface area contributed by atoms with Crippen LogP contribution in [0.15, 0.2) is 53.6 Å². The van der Waals surface area contributed by atoms with Crippen LogP contribution in [-0.4, -0.2) is 43.1 Å². The Labute approximate surface area is 215 Å². The molecule has 0 atom stereocenters. The molecule has 0 radical (unpaired) electrons. The molecule has 4 aromatic rings. The maximum Gasteiger partial charge on any atom is 0.405 e. The third kappa shape index (κ3) is 5.80. The van der Waals surface area contributed by atoms with Gasteiger partial charge in [-0.3, -0.25) is 4.72 Å².